The van der Waals surface area contributed by atoms with Crippen molar-refractivity contribution < 1.29 is 19.4 Å². The van der Waals surface area contributed by atoms with Crippen LogP contribution in [0, 0.1) is 0 Å². The van der Waals surface area contributed by atoms with E-state index in [1.54, 1.807) is 13.8 Å². The zero-order valence-electron chi connectivity index (χ0n) is 6.66. The number of hydrogen-bond acceptors (Lipinski definition) is 3. The van der Waals surface area contributed by atoms with Gasteiger partial charge in [0.2, 0.25) is 5.78 Å². The van der Waals surface area contributed by atoms with Crippen LogP contribution in [-0.2, 0) is 14.3 Å². The molecule has 0 aliphatic rings. The fourth-order valence-electron chi connectivity index (χ4n) is 0.692. The third kappa shape index (κ3) is 4.50. The highest BCUT2D eigenvalue weighted by atomic mass is 16.5. The third-order valence-corrected chi connectivity index (χ3v) is 1.16. The van der Waals surface area contributed by atoms with Crippen LogP contribution in [0.3, 0.4) is 0 Å². The van der Waals surface area contributed by atoms with Crippen molar-refractivity contribution in [2.75, 3.05) is 6.61 Å². The molecule has 4 nitrogen and oxygen atoms in total. The second-order valence-corrected chi connectivity index (χ2v) is 2.20. The summed E-state index contributed by atoms with van der Waals surface area (Å²) in [7, 11) is 0. The molecule has 0 saturated carbocycles. The number of carboxylic acids is 1. The van der Waals surface area contributed by atoms with Crippen molar-refractivity contribution in [2.45, 2.75) is 26.4 Å². The van der Waals surface area contributed by atoms with Gasteiger partial charge in [0, 0.05) is 13.0 Å². The lowest BCUT2D eigenvalue weighted by Crippen LogP contribution is -2.20. The minimum absolute atomic E-state index is 0.0524. The molecule has 0 aliphatic carbocycles. The lowest BCUT2D eigenvalue weighted by Gasteiger charge is -2.07. The standard InChI is InChI=1S/C7H12O4/c1-3-11-5(2)4-6(8)7(9)10/h5H,3-4H2,1-2H3,(H,9,10). The summed E-state index contributed by atoms with van der Waals surface area (Å²) in [6, 6.07) is 0. The van der Waals surface area contributed by atoms with Gasteiger partial charge < -0.3 is 9.84 Å². The number of rotatable bonds is 5. The van der Waals surface area contributed by atoms with E-state index in [1.165, 1.54) is 0 Å². The number of hydrogen-bond donors (Lipinski definition) is 1. The molecule has 0 saturated heterocycles. The Hall–Kier alpha value is -0.900. The minimum Gasteiger partial charge on any atom is -0.475 e. The first-order valence-electron chi connectivity index (χ1n) is 3.45. The second-order valence-electron chi connectivity index (χ2n) is 2.20. The maximum absolute atomic E-state index is 10.5. The van der Waals surface area contributed by atoms with E-state index in [4.69, 9.17) is 9.84 Å². The molecule has 4 heteroatoms. The van der Waals surface area contributed by atoms with Gasteiger partial charge in [0.1, 0.15) is 0 Å². The van der Waals surface area contributed by atoms with Crippen LogP contribution in [0.2, 0.25) is 0 Å². The molecule has 1 unspecified atom stereocenters. The first-order valence-corrected chi connectivity index (χ1v) is 3.45. The fraction of sp³-hybridized carbons (Fsp3) is 0.714. The zero-order chi connectivity index (χ0) is 8.85. The molecular weight excluding hydrogens is 148 g/mol. The van der Waals surface area contributed by atoms with Crippen LogP contribution in [-0.4, -0.2) is 29.6 Å². The predicted octanol–water partition coefficient (Wildman–Crippen LogP) is 0.455. The molecule has 0 aliphatic heterocycles. The fourth-order valence-corrected chi connectivity index (χ4v) is 0.692. The van der Waals surface area contributed by atoms with Gasteiger partial charge in [-0.25, -0.2) is 4.79 Å². The van der Waals surface area contributed by atoms with Gasteiger partial charge in [-0.3, -0.25) is 4.79 Å². The van der Waals surface area contributed by atoms with Crippen LogP contribution in [0.4, 0.5) is 0 Å². The summed E-state index contributed by atoms with van der Waals surface area (Å²) in [4.78, 5) is 20.6. The minimum atomic E-state index is -1.39. The van der Waals surface area contributed by atoms with E-state index >= 15 is 0 Å². The Morgan fingerprint density at radius 2 is 2.09 bits per heavy atom. The monoisotopic (exact) mass is 160 g/mol. The van der Waals surface area contributed by atoms with Crippen molar-refractivity contribution in [1.29, 1.82) is 0 Å². The highest BCUT2D eigenvalue weighted by molar-refractivity contribution is 6.32. The molecule has 1 atom stereocenters. The molecule has 0 heterocycles. The van der Waals surface area contributed by atoms with E-state index in [-0.39, 0.29) is 12.5 Å². The Morgan fingerprint density at radius 1 is 1.55 bits per heavy atom. The van der Waals surface area contributed by atoms with Gasteiger partial charge in [-0.2, -0.15) is 0 Å². The molecular formula is C7H12O4. The summed E-state index contributed by atoms with van der Waals surface area (Å²) < 4.78 is 4.98. The van der Waals surface area contributed by atoms with Gasteiger partial charge in [-0.05, 0) is 13.8 Å². The summed E-state index contributed by atoms with van der Waals surface area (Å²) >= 11 is 0. The molecule has 0 spiro atoms. The summed E-state index contributed by atoms with van der Waals surface area (Å²) in [6.45, 7) is 3.96. The lowest BCUT2D eigenvalue weighted by molar-refractivity contribution is -0.150. The van der Waals surface area contributed by atoms with Crippen molar-refractivity contribution in [1.82, 2.24) is 0 Å². The van der Waals surface area contributed by atoms with Crippen LogP contribution in [0.15, 0.2) is 0 Å². The van der Waals surface area contributed by atoms with Gasteiger partial charge in [0.05, 0.1) is 6.10 Å². The smallest absolute Gasteiger partial charge is 0.372 e. The van der Waals surface area contributed by atoms with E-state index in [9.17, 15) is 9.59 Å². The van der Waals surface area contributed by atoms with E-state index in [0.717, 1.165) is 0 Å². The van der Waals surface area contributed by atoms with E-state index in [1.807, 2.05) is 0 Å². The molecule has 0 rings (SSSR count). The Morgan fingerprint density at radius 3 is 2.45 bits per heavy atom. The summed E-state index contributed by atoms with van der Waals surface area (Å²) in [6.07, 6.45) is -0.355. The average molecular weight is 160 g/mol. The van der Waals surface area contributed by atoms with Gasteiger partial charge in [0.15, 0.2) is 0 Å². The quantitative estimate of drug-likeness (QED) is 0.593. The first-order chi connectivity index (χ1) is 5.07. The Bertz CT molecular complexity index is 153. The second kappa shape index (κ2) is 4.85. The number of aliphatic carboxylic acids is 1. The molecule has 0 bridgehead atoms. The first kappa shape index (κ1) is 10.1. The van der Waals surface area contributed by atoms with Crippen molar-refractivity contribution in [3.05, 3.63) is 0 Å². The number of ketones is 1. The molecule has 0 aromatic carbocycles. The SMILES string of the molecule is CCOC(C)CC(=O)C(=O)O. The number of carbonyl (C=O) groups is 2. The van der Waals surface area contributed by atoms with Crippen molar-refractivity contribution in [3.8, 4) is 0 Å². The third-order valence-electron chi connectivity index (χ3n) is 1.16. The van der Waals surface area contributed by atoms with Gasteiger partial charge in [-0.1, -0.05) is 0 Å². The predicted molar refractivity (Wildman–Crippen MR) is 38.3 cm³/mol. The summed E-state index contributed by atoms with van der Waals surface area (Å²) in [5.74, 6) is -2.19. The van der Waals surface area contributed by atoms with Gasteiger partial charge in [0.25, 0.3) is 0 Å². The van der Waals surface area contributed by atoms with Gasteiger partial charge >= 0.3 is 5.97 Å². The molecule has 0 fully saturated rings. The largest absolute Gasteiger partial charge is 0.475 e. The number of ether oxygens (including phenoxy) is 1. The number of carbonyl (C=O) groups excluding carboxylic acids is 1. The summed E-state index contributed by atoms with van der Waals surface area (Å²) in [5, 5.41) is 8.19. The maximum Gasteiger partial charge on any atom is 0.372 e. The molecule has 0 aromatic rings. The van der Waals surface area contributed by atoms with Crippen molar-refractivity contribution >= 4 is 11.8 Å². The van der Waals surface area contributed by atoms with Crippen molar-refractivity contribution in [2.24, 2.45) is 0 Å². The van der Waals surface area contributed by atoms with Crippen LogP contribution >= 0.6 is 0 Å². The molecule has 0 radical (unpaired) electrons. The number of carboxylic acid groups (broad SMARTS) is 1. The molecule has 0 aromatic heterocycles. The molecule has 64 valence electrons. The average Bonchev–Trinajstić information content (AvgIpc) is 1.87. The van der Waals surface area contributed by atoms with Crippen LogP contribution in [0.5, 0.6) is 0 Å². The normalized spacial score (nSPS) is 12.5. The van der Waals surface area contributed by atoms with E-state index < -0.39 is 11.8 Å². The van der Waals surface area contributed by atoms with Gasteiger partial charge in [-0.15, -0.1) is 0 Å². The topological polar surface area (TPSA) is 63.6 Å². The number of Topliss-reactive ketones (excluding diaryl/α,β-unsaturated/α-hetero) is 1. The maximum atomic E-state index is 10.5. The van der Waals surface area contributed by atoms with Crippen LogP contribution < -0.4 is 0 Å². The highest BCUT2D eigenvalue weighted by Gasteiger charge is 2.15. The Kier molecular flexibility index (Phi) is 4.45. The lowest BCUT2D eigenvalue weighted by atomic mass is 10.2. The van der Waals surface area contributed by atoms with Crippen LogP contribution in [0.25, 0.3) is 0 Å². The Labute approximate surface area is 65.2 Å². The summed E-state index contributed by atoms with van der Waals surface area (Å²) in [5.41, 5.74) is 0. The van der Waals surface area contributed by atoms with Crippen molar-refractivity contribution in [3.63, 3.8) is 0 Å². The van der Waals surface area contributed by atoms with Crippen LogP contribution in [0.1, 0.15) is 20.3 Å². The Balaban J connectivity index is 3.66. The molecule has 11 heavy (non-hydrogen) atoms. The van der Waals surface area contributed by atoms with E-state index in [2.05, 4.69) is 0 Å². The molecule has 1 N–H and O–H groups in total. The van der Waals surface area contributed by atoms with E-state index in [0.29, 0.717) is 6.61 Å². The molecule has 0 amide bonds. The zero-order valence-corrected chi connectivity index (χ0v) is 6.66. The highest BCUT2D eigenvalue weighted by Crippen LogP contribution is 1.97.